The Morgan fingerprint density at radius 3 is 2.14 bits per heavy atom. The zero-order valence-corrected chi connectivity index (χ0v) is 15.6. The van der Waals surface area contributed by atoms with E-state index in [1.54, 1.807) is 12.1 Å². The van der Waals surface area contributed by atoms with E-state index in [0.717, 1.165) is 12.7 Å². The molecule has 0 aliphatic rings. The zero-order valence-electron chi connectivity index (χ0n) is 15.6. The molecule has 3 nitrogen and oxygen atoms in total. The summed E-state index contributed by atoms with van der Waals surface area (Å²) in [5, 5.41) is 0. The summed E-state index contributed by atoms with van der Waals surface area (Å²) in [6, 6.07) is 16.2. The molecule has 0 spiro atoms. The van der Waals surface area contributed by atoms with Gasteiger partial charge in [0, 0.05) is 18.6 Å². The molecule has 6 heteroatoms. The predicted molar refractivity (Wildman–Crippen MR) is 101 cm³/mol. The van der Waals surface area contributed by atoms with Gasteiger partial charge in [-0.2, -0.15) is 13.2 Å². The van der Waals surface area contributed by atoms with Crippen LogP contribution >= 0.6 is 0 Å². The van der Waals surface area contributed by atoms with Crippen molar-refractivity contribution < 1.29 is 27.4 Å². The fraction of sp³-hybridized carbons (Fsp3) is 0.318. The highest BCUT2D eigenvalue weighted by Crippen LogP contribution is 2.43. The standard InChI is InChI=1S/C22H23F3O3/c1-3-10-18(15-17-11-6-4-7-12-17)16-28-20(26)21(27-2,22(23,24)25)19-13-8-5-9-14-19/h3-9,11-14,18H,1,10,15-16H2,2H3/t18-,21-/m1/s1. The highest BCUT2D eigenvalue weighted by molar-refractivity contribution is 5.82. The van der Waals surface area contributed by atoms with Crippen LogP contribution in [0.1, 0.15) is 17.5 Å². The second kappa shape index (κ2) is 9.55. The van der Waals surface area contributed by atoms with Crippen LogP contribution in [0.15, 0.2) is 73.3 Å². The summed E-state index contributed by atoms with van der Waals surface area (Å²) in [7, 11) is 0.854. The van der Waals surface area contributed by atoms with Crippen LogP contribution in [-0.4, -0.2) is 25.9 Å². The molecule has 0 unspecified atom stereocenters. The Labute approximate surface area is 162 Å². The van der Waals surface area contributed by atoms with Crippen molar-refractivity contribution in [1.82, 2.24) is 0 Å². The van der Waals surface area contributed by atoms with E-state index in [0.29, 0.717) is 12.8 Å². The van der Waals surface area contributed by atoms with Crippen LogP contribution in [0.25, 0.3) is 0 Å². The third-order valence-electron chi connectivity index (χ3n) is 4.49. The average Bonchev–Trinajstić information content (AvgIpc) is 2.68. The largest absolute Gasteiger partial charge is 0.463 e. The molecular formula is C22H23F3O3. The lowest BCUT2D eigenvalue weighted by atomic mass is 9.92. The van der Waals surface area contributed by atoms with Crippen LogP contribution in [0.3, 0.4) is 0 Å². The summed E-state index contributed by atoms with van der Waals surface area (Å²) in [6.07, 6.45) is -2.27. The van der Waals surface area contributed by atoms with E-state index in [2.05, 4.69) is 6.58 Å². The van der Waals surface area contributed by atoms with Gasteiger partial charge in [0.05, 0.1) is 6.61 Å². The van der Waals surface area contributed by atoms with Crippen molar-refractivity contribution >= 4 is 5.97 Å². The van der Waals surface area contributed by atoms with Gasteiger partial charge in [0.1, 0.15) is 0 Å². The Morgan fingerprint density at radius 2 is 1.64 bits per heavy atom. The highest BCUT2D eigenvalue weighted by atomic mass is 19.4. The number of ether oxygens (including phenoxy) is 2. The summed E-state index contributed by atoms with van der Waals surface area (Å²) in [4.78, 5) is 12.6. The molecule has 0 saturated heterocycles. The summed E-state index contributed by atoms with van der Waals surface area (Å²) < 4.78 is 51.5. The lowest BCUT2D eigenvalue weighted by Gasteiger charge is -2.32. The van der Waals surface area contributed by atoms with Gasteiger partial charge >= 0.3 is 12.1 Å². The molecule has 2 aromatic rings. The number of methoxy groups -OCH3 is 1. The molecule has 2 rings (SSSR count). The molecule has 0 aliphatic heterocycles. The Hall–Kier alpha value is -2.60. The molecule has 28 heavy (non-hydrogen) atoms. The molecule has 0 bridgehead atoms. The SMILES string of the molecule is C=CC[C@@H](COC(=O)[C@](OC)(c1ccccc1)C(F)(F)F)Cc1ccccc1. The third-order valence-corrected chi connectivity index (χ3v) is 4.49. The molecule has 2 atom stereocenters. The Balaban J connectivity index is 2.21. The molecule has 0 radical (unpaired) electrons. The van der Waals surface area contributed by atoms with Crippen LogP contribution in [0.5, 0.6) is 0 Å². The van der Waals surface area contributed by atoms with Crippen LogP contribution in [0, 0.1) is 5.92 Å². The van der Waals surface area contributed by atoms with Gasteiger partial charge in [-0.1, -0.05) is 66.7 Å². The molecule has 0 aromatic heterocycles. The van der Waals surface area contributed by atoms with Gasteiger partial charge in [0.2, 0.25) is 0 Å². The van der Waals surface area contributed by atoms with Gasteiger partial charge < -0.3 is 9.47 Å². The summed E-state index contributed by atoms with van der Waals surface area (Å²) in [5.41, 5.74) is -2.49. The minimum absolute atomic E-state index is 0.173. The number of carbonyl (C=O) groups is 1. The van der Waals surface area contributed by atoms with Crippen LogP contribution in [0.2, 0.25) is 0 Å². The smallest absolute Gasteiger partial charge is 0.432 e. The summed E-state index contributed by atoms with van der Waals surface area (Å²) in [6.45, 7) is 3.50. The molecule has 150 valence electrons. The van der Waals surface area contributed by atoms with Gasteiger partial charge in [-0.3, -0.25) is 0 Å². The van der Waals surface area contributed by atoms with Crippen molar-refractivity contribution in [2.45, 2.75) is 24.6 Å². The number of esters is 1. The molecule has 2 aromatic carbocycles. The van der Waals surface area contributed by atoms with Crippen molar-refractivity contribution in [3.05, 3.63) is 84.4 Å². The number of halogens is 3. The first-order chi connectivity index (χ1) is 13.3. The second-order valence-electron chi connectivity index (χ2n) is 6.43. The van der Waals surface area contributed by atoms with Crippen molar-refractivity contribution in [2.24, 2.45) is 5.92 Å². The molecule has 0 amide bonds. The number of allylic oxidation sites excluding steroid dienone is 1. The van der Waals surface area contributed by atoms with Gasteiger partial charge in [-0.15, -0.1) is 6.58 Å². The minimum Gasteiger partial charge on any atom is -0.463 e. The minimum atomic E-state index is -4.98. The first-order valence-corrected chi connectivity index (χ1v) is 8.84. The molecule has 0 fully saturated rings. The van der Waals surface area contributed by atoms with E-state index in [1.165, 1.54) is 24.3 Å². The Bertz CT molecular complexity index is 760. The molecular weight excluding hydrogens is 369 g/mol. The maximum Gasteiger partial charge on any atom is 0.432 e. The zero-order chi connectivity index (χ0) is 20.6. The van der Waals surface area contributed by atoms with Crippen molar-refractivity contribution in [1.29, 1.82) is 0 Å². The molecule has 0 saturated carbocycles. The second-order valence-corrected chi connectivity index (χ2v) is 6.43. The van der Waals surface area contributed by atoms with E-state index < -0.39 is 17.7 Å². The monoisotopic (exact) mass is 392 g/mol. The fourth-order valence-corrected chi connectivity index (χ4v) is 3.08. The normalized spacial score (nSPS) is 14.7. The number of hydrogen-bond acceptors (Lipinski definition) is 3. The van der Waals surface area contributed by atoms with E-state index in [4.69, 9.17) is 9.47 Å². The topological polar surface area (TPSA) is 35.5 Å². The van der Waals surface area contributed by atoms with Crippen LogP contribution in [0.4, 0.5) is 13.2 Å². The third kappa shape index (κ3) is 4.81. The number of carbonyl (C=O) groups excluding carboxylic acids is 1. The van der Waals surface area contributed by atoms with Gasteiger partial charge in [0.25, 0.3) is 5.60 Å². The van der Waals surface area contributed by atoms with Crippen LogP contribution < -0.4 is 0 Å². The average molecular weight is 392 g/mol. The van der Waals surface area contributed by atoms with E-state index >= 15 is 0 Å². The van der Waals surface area contributed by atoms with Gasteiger partial charge in [0.15, 0.2) is 0 Å². The van der Waals surface area contributed by atoms with Crippen molar-refractivity contribution in [2.75, 3.05) is 13.7 Å². The Morgan fingerprint density at radius 1 is 1.07 bits per heavy atom. The van der Waals surface area contributed by atoms with E-state index in [-0.39, 0.29) is 18.1 Å². The number of rotatable bonds is 9. The molecule has 0 heterocycles. The van der Waals surface area contributed by atoms with Crippen LogP contribution in [-0.2, 0) is 26.3 Å². The lowest BCUT2D eigenvalue weighted by molar-refractivity contribution is -0.276. The van der Waals surface area contributed by atoms with Gasteiger partial charge in [-0.25, -0.2) is 4.79 Å². The predicted octanol–water partition coefficient (Wildman–Crippen LogP) is 5.07. The first kappa shape index (κ1) is 21.7. The summed E-state index contributed by atoms with van der Waals surface area (Å²) in [5.74, 6) is -1.67. The van der Waals surface area contributed by atoms with Crippen molar-refractivity contribution in [3.63, 3.8) is 0 Å². The number of alkyl halides is 3. The highest BCUT2D eigenvalue weighted by Gasteiger charge is 2.64. The maximum atomic E-state index is 13.9. The lowest BCUT2D eigenvalue weighted by Crippen LogP contribution is -2.52. The number of benzene rings is 2. The fourth-order valence-electron chi connectivity index (χ4n) is 3.08. The molecule has 0 N–H and O–H groups in total. The molecule has 0 aliphatic carbocycles. The number of hydrogen-bond donors (Lipinski definition) is 0. The van der Waals surface area contributed by atoms with Crippen molar-refractivity contribution in [3.8, 4) is 0 Å². The van der Waals surface area contributed by atoms with Gasteiger partial charge in [-0.05, 0) is 18.4 Å². The quantitative estimate of drug-likeness (QED) is 0.442. The maximum absolute atomic E-state index is 13.9. The van der Waals surface area contributed by atoms with E-state index in [9.17, 15) is 18.0 Å². The Kier molecular flexibility index (Phi) is 7.40. The summed E-state index contributed by atoms with van der Waals surface area (Å²) >= 11 is 0. The first-order valence-electron chi connectivity index (χ1n) is 8.84. The van der Waals surface area contributed by atoms with E-state index in [1.807, 2.05) is 30.3 Å².